The predicted octanol–water partition coefficient (Wildman–Crippen LogP) is 3.36. The van der Waals surface area contributed by atoms with E-state index >= 15 is 0 Å². The van der Waals surface area contributed by atoms with Crippen LogP contribution in [0.25, 0.3) is 0 Å². The molecule has 1 heterocycles. The number of nitrogens with one attached hydrogen (secondary N) is 1. The zero-order chi connectivity index (χ0) is 14.2. The second-order valence-electron chi connectivity index (χ2n) is 5.85. The molecule has 0 aliphatic heterocycles. The normalized spacial score (nSPS) is 17.4. The van der Waals surface area contributed by atoms with Crippen molar-refractivity contribution in [3.63, 3.8) is 0 Å². The van der Waals surface area contributed by atoms with Crippen LogP contribution in [0.4, 0.5) is 5.69 Å². The molecule has 4 heteroatoms. The maximum atomic E-state index is 4.47. The lowest BCUT2D eigenvalue weighted by Crippen LogP contribution is -2.27. The van der Waals surface area contributed by atoms with Crippen molar-refractivity contribution in [3.8, 4) is 0 Å². The molecule has 4 nitrogen and oxygen atoms in total. The van der Waals surface area contributed by atoms with Crippen molar-refractivity contribution in [2.75, 3.05) is 25.0 Å². The molecule has 1 saturated carbocycles. The summed E-state index contributed by atoms with van der Waals surface area (Å²) in [6.45, 7) is 8.72. The molecule has 0 bridgehead atoms. The summed E-state index contributed by atoms with van der Waals surface area (Å²) in [7, 11) is 0. The van der Waals surface area contributed by atoms with Gasteiger partial charge in [-0.3, -0.25) is 4.68 Å². The maximum Gasteiger partial charge on any atom is 0.0728 e. The van der Waals surface area contributed by atoms with Gasteiger partial charge in [-0.05, 0) is 25.9 Å². The van der Waals surface area contributed by atoms with Crippen LogP contribution in [0.15, 0.2) is 12.4 Å². The van der Waals surface area contributed by atoms with Crippen LogP contribution in [0.5, 0.6) is 0 Å². The summed E-state index contributed by atoms with van der Waals surface area (Å²) in [5.74, 6) is 0. The number of nitrogens with zero attached hydrogens (tertiary/aromatic N) is 3. The first kappa shape index (κ1) is 15.4. The van der Waals surface area contributed by atoms with Crippen molar-refractivity contribution >= 4 is 5.69 Å². The van der Waals surface area contributed by atoms with Gasteiger partial charge in [-0.1, -0.05) is 39.5 Å². The van der Waals surface area contributed by atoms with E-state index in [2.05, 4.69) is 40.0 Å². The standard InChI is InChI=1S/C16H30N4/c1-3-19(4-2)11-12-20-14-16(13-17-20)18-15-9-7-5-6-8-10-15/h13-15,18H,3-12H2,1-2H3. The molecular weight excluding hydrogens is 248 g/mol. The molecule has 0 unspecified atom stereocenters. The lowest BCUT2D eigenvalue weighted by Gasteiger charge is -2.17. The smallest absolute Gasteiger partial charge is 0.0728 e. The molecule has 0 saturated heterocycles. The van der Waals surface area contributed by atoms with E-state index in [1.807, 2.05) is 6.20 Å². The van der Waals surface area contributed by atoms with Gasteiger partial charge in [-0.2, -0.15) is 5.10 Å². The minimum Gasteiger partial charge on any atom is -0.380 e. The molecule has 0 atom stereocenters. The average Bonchev–Trinajstić information content (AvgIpc) is 2.75. The van der Waals surface area contributed by atoms with E-state index < -0.39 is 0 Å². The van der Waals surface area contributed by atoms with Crippen LogP contribution < -0.4 is 5.32 Å². The molecule has 0 radical (unpaired) electrons. The second-order valence-corrected chi connectivity index (χ2v) is 5.85. The summed E-state index contributed by atoms with van der Waals surface area (Å²) in [5, 5.41) is 8.13. The van der Waals surface area contributed by atoms with Gasteiger partial charge in [0.25, 0.3) is 0 Å². The molecule has 1 N–H and O–H groups in total. The van der Waals surface area contributed by atoms with E-state index in [4.69, 9.17) is 0 Å². The van der Waals surface area contributed by atoms with Gasteiger partial charge in [-0.25, -0.2) is 0 Å². The van der Waals surface area contributed by atoms with E-state index in [1.54, 1.807) is 0 Å². The van der Waals surface area contributed by atoms with Crippen molar-refractivity contribution in [1.82, 2.24) is 14.7 Å². The molecule has 1 aromatic heterocycles. The lowest BCUT2D eigenvalue weighted by atomic mass is 10.1. The molecule has 0 aromatic carbocycles. The van der Waals surface area contributed by atoms with Crippen molar-refractivity contribution in [3.05, 3.63) is 12.4 Å². The van der Waals surface area contributed by atoms with Crippen LogP contribution >= 0.6 is 0 Å². The fraction of sp³-hybridized carbons (Fsp3) is 0.812. The summed E-state index contributed by atoms with van der Waals surface area (Å²) >= 11 is 0. The van der Waals surface area contributed by atoms with Crippen molar-refractivity contribution in [2.45, 2.75) is 65.0 Å². The minimum absolute atomic E-state index is 0.651. The first-order valence-corrected chi connectivity index (χ1v) is 8.33. The average molecular weight is 278 g/mol. The van der Waals surface area contributed by atoms with Crippen LogP contribution in [0.3, 0.4) is 0 Å². The zero-order valence-electron chi connectivity index (χ0n) is 13.1. The predicted molar refractivity (Wildman–Crippen MR) is 85.1 cm³/mol. The number of hydrogen-bond donors (Lipinski definition) is 1. The lowest BCUT2D eigenvalue weighted by molar-refractivity contribution is 0.285. The zero-order valence-corrected chi connectivity index (χ0v) is 13.1. The van der Waals surface area contributed by atoms with Gasteiger partial charge in [0.15, 0.2) is 0 Å². The van der Waals surface area contributed by atoms with Crippen LogP contribution in [0, 0.1) is 0 Å². The van der Waals surface area contributed by atoms with Gasteiger partial charge in [0, 0.05) is 18.8 Å². The van der Waals surface area contributed by atoms with Gasteiger partial charge in [0.2, 0.25) is 0 Å². The van der Waals surface area contributed by atoms with E-state index in [0.29, 0.717) is 6.04 Å². The third-order valence-electron chi connectivity index (χ3n) is 4.40. The molecule has 0 amide bonds. The minimum atomic E-state index is 0.651. The highest BCUT2D eigenvalue weighted by Crippen LogP contribution is 2.20. The Bertz CT molecular complexity index is 362. The van der Waals surface area contributed by atoms with Crippen LogP contribution in [0.2, 0.25) is 0 Å². The number of anilines is 1. The summed E-state index contributed by atoms with van der Waals surface area (Å²) in [5.41, 5.74) is 1.19. The highest BCUT2D eigenvalue weighted by atomic mass is 15.3. The topological polar surface area (TPSA) is 33.1 Å². The fourth-order valence-electron chi connectivity index (χ4n) is 3.00. The molecule has 1 aliphatic rings. The van der Waals surface area contributed by atoms with Crippen molar-refractivity contribution < 1.29 is 0 Å². The number of rotatable bonds is 7. The highest BCUT2D eigenvalue weighted by molar-refractivity contribution is 5.39. The Hall–Kier alpha value is -1.03. The first-order valence-electron chi connectivity index (χ1n) is 8.33. The Balaban J connectivity index is 1.79. The number of likely N-dealkylation sites (N-methyl/N-ethyl adjacent to an activating group) is 1. The Morgan fingerprint density at radius 2 is 1.90 bits per heavy atom. The molecule has 1 aromatic rings. The molecular formula is C16H30N4. The van der Waals surface area contributed by atoms with Gasteiger partial charge in [0.1, 0.15) is 0 Å². The summed E-state index contributed by atoms with van der Waals surface area (Å²) in [6.07, 6.45) is 12.3. The molecule has 2 rings (SSSR count). The molecule has 20 heavy (non-hydrogen) atoms. The highest BCUT2D eigenvalue weighted by Gasteiger charge is 2.12. The van der Waals surface area contributed by atoms with Crippen LogP contribution in [-0.4, -0.2) is 40.4 Å². The Kier molecular flexibility index (Phi) is 6.37. The van der Waals surface area contributed by atoms with E-state index in [-0.39, 0.29) is 0 Å². The number of hydrogen-bond acceptors (Lipinski definition) is 3. The largest absolute Gasteiger partial charge is 0.380 e. The Labute approximate surface area is 123 Å². The van der Waals surface area contributed by atoms with Gasteiger partial charge >= 0.3 is 0 Å². The summed E-state index contributed by atoms with van der Waals surface area (Å²) in [6, 6.07) is 0.651. The van der Waals surface area contributed by atoms with E-state index in [0.717, 1.165) is 26.2 Å². The van der Waals surface area contributed by atoms with E-state index in [9.17, 15) is 0 Å². The van der Waals surface area contributed by atoms with Gasteiger partial charge in [0.05, 0.1) is 18.4 Å². The Morgan fingerprint density at radius 1 is 1.20 bits per heavy atom. The fourth-order valence-corrected chi connectivity index (χ4v) is 3.00. The molecule has 1 fully saturated rings. The monoisotopic (exact) mass is 278 g/mol. The van der Waals surface area contributed by atoms with Crippen LogP contribution in [-0.2, 0) is 6.54 Å². The Morgan fingerprint density at radius 3 is 2.55 bits per heavy atom. The van der Waals surface area contributed by atoms with E-state index in [1.165, 1.54) is 44.2 Å². The van der Waals surface area contributed by atoms with Gasteiger partial charge in [-0.15, -0.1) is 0 Å². The maximum absolute atomic E-state index is 4.47. The van der Waals surface area contributed by atoms with Crippen LogP contribution in [0.1, 0.15) is 52.4 Å². The third kappa shape index (κ3) is 4.82. The second kappa shape index (κ2) is 8.30. The quantitative estimate of drug-likeness (QED) is 0.776. The number of aromatic nitrogens is 2. The summed E-state index contributed by atoms with van der Waals surface area (Å²) < 4.78 is 2.07. The molecule has 0 spiro atoms. The first-order chi connectivity index (χ1) is 9.81. The van der Waals surface area contributed by atoms with Crippen molar-refractivity contribution in [2.24, 2.45) is 0 Å². The molecule has 114 valence electrons. The third-order valence-corrected chi connectivity index (χ3v) is 4.40. The summed E-state index contributed by atoms with van der Waals surface area (Å²) in [4.78, 5) is 2.43. The van der Waals surface area contributed by atoms with Gasteiger partial charge < -0.3 is 10.2 Å². The van der Waals surface area contributed by atoms with Crippen molar-refractivity contribution in [1.29, 1.82) is 0 Å². The molecule has 1 aliphatic carbocycles. The SMILES string of the molecule is CCN(CC)CCn1cc(NC2CCCCCC2)cn1.